The van der Waals surface area contributed by atoms with Crippen molar-refractivity contribution in [1.29, 1.82) is 0 Å². The third-order valence-corrected chi connectivity index (χ3v) is 3.87. The molecule has 3 atom stereocenters. The first-order valence-corrected chi connectivity index (χ1v) is 6.17. The van der Waals surface area contributed by atoms with Gasteiger partial charge in [-0.2, -0.15) is 5.10 Å². The Morgan fingerprint density at radius 2 is 2.25 bits per heavy atom. The van der Waals surface area contributed by atoms with E-state index in [9.17, 15) is 4.79 Å². The Hall–Kier alpha value is -1.06. The molecule has 16 heavy (non-hydrogen) atoms. The fraction of sp³-hybridized carbons (Fsp3) is 0.833. The Bertz CT molecular complexity index is 301. The predicted molar refractivity (Wildman–Crippen MR) is 62.2 cm³/mol. The van der Waals surface area contributed by atoms with Crippen LogP contribution in [0.1, 0.15) is 39.5 Å². The zero-order valence-corrected chi connectivity index (χ0v) is 10.0. The summed E-state index contributed by atoms with van der Waals surface area (Å²) in [6, 6.07) is 0. The largest absolute Gasteiger partial charge is 0.449 e. The first-order valence-electron chi connectivity index (χ1n) is 6.17. The summed E-state index contributed by atoms with van der Waals surface area (Å²) < 4.78 is 4.76. The lowest BCUT2D eigenvalue weighted by Crippen LogP contribution is -2.25. The fourth-order valence-electron chi connectivity index (χ4n) is 3.14. The van der Waals surface area contributed by atoms with Crippen LogP contribution in [0.5, 0.6) is 0 Å². The fourth-order valence-corrected chi connectivity index (χ4v) is 3.14. The van der Waals surface area contributed by atoms with Gasteiger partial charge < -0.3 is 4.74 Å². The van der Waals surface area contributed by atoms with Crippen LogP contribution < -0.4 is 5.43 Å². The molecule has 2 saturated carbocycles. The summed E-state index contributed by atoms with van der Waals surface area (Å²) in [7, 11) is 0. The van der Waals surface area contributed by atoms with E-state index in [4.69, 9.17) is 4.74 Å². The minimum absolute atomic E-state index is 0.383. The van der Waals surface area contributed by atoms with E-state index in [0.717, 1.165) is 17.5 Å². The van der Waals surface area contributed by atoms with Crippen molar-refractivity contribution in [1.82, 2.24) is 5.43 Å². The van der Waals surface area contributed by atoms with E-state index in [2.05, 4.69) is 10.5 Å². The molecule has 0 unspecified atom stereocenters. The number of hydrogen-bond donors (Lipinski definition) is 1. The molecule has 2 bridgehead atoms. The standard InChI is InChI=1S/C12H20N2O2/c1-3-16-12(15)14-13-8(2)11-7-9-4-5-10(11)6-9/h9-11H,3-7H2,1-2H3,(H,14,15)/b13-8-/t9-,10-,11-/m0/s1. The third-order valence-electron chi connectivity index (χ3n) is 3.87. The molecule has 2 rings (SSSR count). The summed E-state index contributed by atoms with van der Waals surface area (Å²) in [4.78, 5) is 11.1. The van der Waals surface area contributed by atoms with Crippen LogP contribution in [-0.2, 0) is 4.74 Å². The smallest absolute Gasteiger partial charge is 0.427 e. The van der Waals surface area contributed by atoms with Crippen LogP contribution in [0.3, 0.4) is 0 Å². The molecule has 2 fully saturated rings. The van der Waals surface area contributed by atoms with Crippen LogP contribution in [0.4, 0.5) is 4.79 Å². The van der Waals surface area contributed by atoms with Crippen LogP contribution >= 0.6 is 0 Å². The number of amides is 1. The molecule has 0 aromatic rings. The predicted octanol–water partition coefficient (Wildman–Crippen LogP) is 2.54. The van der Waals surface area contributed by atoms with Crippen LogP contribution in [0.15, 0.2) is 5.10 Å². The second-order valence-corrected chi connectivity index (χ2v) is 4.87. The molecule has 2 aliphatic rings. The zero-order valence-electron chi connectivity index (χ0n) is 10.0. The summed E-state index contributed by atoms with van der Waals surface area (Å²) in [6.45, 7) is 4.18. The molecule has 1 amide bonds. The van der Waals surface area contributed by atoms with Gasteiger partial charge in [0, 0.05) is 11.6 Å². The molecule has 0 spiro atoms. The van der Waals surface area contributed by atoms with Crippen LogP contribution in [0.2, 0.25) is 0 Å². The summed E-state index contributed by atoms with van der Waals surface area (Å²) in [5.74, 6) is 2.29. The first kappa shape index (κ1) is 11.4. The maximum Gasteiger partial charge on any atom is 0.427 e. The van der Waals surface area contributed by atoms with Gasteiger partial charge in [0.1, 0.15) is 0 Å². The Kier molecular flexibility index (Phi) is 3.46. The van der Waals surface area contributed by atoms with Crippen molar-refractivity contribution in [2.24, 2.45) is 22.9 Å². The van der Waals surface area contributed by atoms with Crippen molar-refractivity contribution in [2.45, 2.75) is 39.5 Å². The molecule has 0 heterocycles. The molecular weight excluding hydrogens is 204 g/mol. The molecule has 4 heteroatoms. The van der Waals surface area contributed by atoms with E-state index < -0.39 is 6.09 Å². The number of nitrogens with zero attached hydrogens (tertiary/aromatic N) is 1. The van der Waals surface area contributed by atoms with Crippen molar-refractivity contribution in [3.8, 4) is 0 Å². The average Bonchev–Trinajstić information content (AvgIpc) is 2.88. The van der Waals surface area contributed by atoms with E-state index in [0.29, 0.717) is 12.5 Å². The van der Waals surface area contributed by atoms with Gasteiger partial charge in [0.05, 0.1) is 6.61 Å². The van der Waals surface area contributed by atoms with Gasteiger partial charge in [0.25, 0.3) is 0 Å². The summed E-state index contributed by atoms with van der Waals surface area (Å²) in [5.41, 5.74) is 3.50. The maximum atomic E-state index is 11.1. The molecule has 0 aromatic carbocycles. The molecule has 0 saturated heterocycles. The quantitative estimate of drug-likeness (QED) is 0.591. The molecule has 4 nitrogen and oxygen atoms in total. The van der Waals surface area contributed by atoms with E-state index in [-0.39, 0.29) is 0 Å². The molecule has 0 aromatic heterocycles. The minimum Gasteiger partial charge on any atom is -0.449 e. The monoisotopic (exact) mass is 224 g/mol. The number of fused-ring (bicyclic) bond motifs is 2. The summed E-state index contributed by atoms with van der Waals surface area (Å²) >= 11 is 0. The second kappa shape index (κ2) is 4.85. The Morgan fingerprint density at radius 3 is 2.81 bits per heavy atom. The highest BCUT2D eigenvalue weighted by Crippen LogP contribution is 2.48. The molecule has 0 radical (unpaired) electrons. The number of carbonyl (C=O) groups is 1. The van der Waals surface area contributed by atoms with Gasteiger partial charge in [-0.15, -0.1) is 0 Å². The van der Waals surface area contributed by atoms with Gasteiger partial charge in [-0.1, -0.05) is 6.42 Å². The number of rotatable bonds is 3. The van der Waals surface area contributed by atoms with Crippen molar-refractivity contribution in [3.05, 3.63) is 0 Å². The van der Waals surface area contributed by atoms with E-state index in [1.54, 1.807) is 6.92 Å². The Balaban J connectivity index is 1.85. The third kappa shape index (κ3) is 2.36. The molecule has 0 aliphatic heterocycles. The molecule has 90 valence electrons. The van der Waals surface area contributed by atoms with Crippen LogP contribution in [-0.4, -0.2) is 18.4 Å². The van der Waals surface area contributed by atoms with E-state index in [1.165, 1.54) is 25.7 Å². The lowest BCUT2D eigenvalue weighted by atomic mass is 9.86. The second-order valence-electron chi connectivity index (χ2n) is 4.87. The van der Waals surface area contributed by atoms with Gasteiger partial charge in [-0.3, -0.25) is 0 Å². The highest BCUT2D eigenvalue weighted by molar-refractivity contribution is 5.86. The normalized spacial score (nSPS) is 32.9. The first-order chi connectivity index (χ1) is 7.70. The van der Waals surface area contributed by atoms with Gasteiger partial charge in [-0.05, 0) is 44.9 Å². The number of ether oxygens (including phenoxy) is 1. The van der Waals surface area contributed by atoms with Gasteiger partial charge >= 0.3 is 6.09 Å². The number of carbonyl (C=O) groups excluding carboxylic acids is 1. The summed E-state index contributed by atoms with van der Waals surface area (Å²) in [6.07, 6.45) is 4.88. The number of nitrogens with one attached hydrogen (secondary N) is 1. The lowest BCUT2D eigenvalue weighted by molar-refractivity contribution is 0.152. The molecule has 2 aliphatic carbocycles. The van der Waals surface area contributed by atoms with Gasteiger partial charge in [-0.25, -0.2) is 10.2 Å². The summed E-state index contributed by atoms with van der Waals surface area (Å²) in [5, 5.41) is 4.14. The minimum atomic E-state index is -0.454. The van der Waals surface area contributed by atoms with E-state index in [1.807, 2.05) is 6.92 Å². The lowest BCUT2D eigenvalue weighted by Gasteiger charge is -2.21. The van der Waals surface area contributed by atoms with Gasteiger partial charge in [0.2, 0.25) is 0 Å². The molecule has 1 N–H and O–H groups in total. The molecular formula is C12H20N2O2. The van der Waals surface area contributed by atoms with Crippen molar-refractivity contribution in [2.75, 3.05) is 6.61 Å². The number of hydrogen-bond acceptors (Lipinski definition) is 3. The van der Waals surface area contributed by atoms with Crippen molar-refractivity contribution in [3.63, 3.8) is 0 Å². The van der Waals surface area contributed by atoms with Crippen molar-refractivity contribution < 1.29 is 9.53 Å². The maximum absolute atomic E-state index is 11.1. The topological polar surface area (TPSA) is 50.7 Å². The van der Waals surface area contributed by atoms with Crippen LogP contribution in [0, 0.1) is 17.8 Å². The SMILES string of the molecule is CCOC(=O)N/N=C(/C)[C@@H]1C[C@H]2CC[C@H]1C2. The van der Waals surface area contributed by atoms with Gasteiger partial charge in [0.15, 0.2) is 0 Å². The zero-order chi connectivity index (χ0) is 11.5. The Labute approximate surface area is 96.4 Å². The average molecular weight is 224 g/mol. The van der Waals surface area contributed by atoms with Crippen LogP contribution in [0.25, 0.3) is 0 Å². The highest BCUT2D eigenvalue weighted by Gasteiger charge is 2.40. The highest BCUT2D eigenvalue weighted by atomic mass is 16.5. The number of hydrazone groups is 1. The van der Waals surface area contributed by atoms with Crippen molar-refractivity contribution >= 4 is 11.8 Å². The Morgan fingerprint density at radius 1 is 1.44 bits per heavy atom. The van der Waals surface area contributed by atoms with E-state index >= 15 is 0 Å².